The van der Waals surface area contributed by atoms with Crippen molar-refractivity contribution < 1.29 is 0 Å². The van der Waals surface area contributed by atoms with Crippen molar-refractivity contribution in [3.63, 3.8) is 0 Å². The Morgan fingerprint density at radius 2 is 2.23 bits per heavy atom. The number of hydrogen-bond acceptors (Lipinski definition) is 1. The number of hydrogen-bond donors (Lipinski definition) is 1. The zero-order valence-corrected chi connectivity index (χ0v) is 8.73. The molecule has 1 heteroatoms. The Kier molecular flexibility index (Phi) is 5.69. The second-order valence-corrected chi connectivity index (χ2v) is 3.78. The molecule has 1 aliphatic heterocycles. The summed E-state index contributed by atoms with van der Waals surface area (Å²) in [5.74, 6) is 6.61. The number of nitrogens with one attached hydrogen (secondary N) is 1. The van der Waals surface area contributed by atoms with Crippen LogP contribution in [0, 0.1) is 11.8 Å². The van der Waals surface area contributed by atoms with E-state index in [0.717, 1.165) is 13.0 Å². The van der Waals surface area contributed by atoms with Gasteiger partial charge in [-0.25, -0.2) is 0 Å². The summed E-state index contributed by atoms with van der Waals surface area (Å²) >= 11 is 0. The van der Waals surface area contributed by atoms with E-state index in [4.69, 9.17) is 0 Å². The molecule has 0 aromatic rings. The Bertz CT molecular complexity index is 167. The van der Waals surface area contributed by atoms with Gasteiger partial charge in [0.25, 0.3) is 0 Å². The predicted octanol–water partition coefficient (Wildman–Crippen LogP) is 2.71. The van der Waals surface area contributed by atoms with E-state index in [9.17, 15) is 0 Å². The highest BCUT2D eigenvalue weighted by molar-refractivity contribution is 5.07. The van der Waals surface area contributed by atoms with Gasteiger partial charge >= 0.3 is 0 Å². The van der Waals surface area contributed by atoms with Crippen LogP contribution in [0.5, 0.6) is 0 Å². The average Bonchev–Trinajstić information content (AvgIpc) is 2.41. The van der Waals surface area contributed by atoms with Gasteiger partial charge < -0.3 is 5.32 Å². The zero-order valence-electron chi connectivity index (χ0n) is 8.73. The van der Waals surface area contributed by atoms with Gasteiger partial charge in [0, 0.05) is 6.42 Å². The highest BCUT2D eigenvalue weighted by Crippen LogP contribution is 2.07. The van der Waals surface area contributed by atoms with Crippen molar-refractivity contribution in [3.8, 4) is 11.8 Å². The summed E-state index contributed by atoms with van der Waals surface area (Å²) in [4.78, 5) is 0. The summed E-state index contributed by atoms with van der Waals surface area (Å²) in [6.45, 7) is 3.37. The van der Waals surface area contributed by atoms with Crippen LogP contribution in [0.3, 0.4) is 0 Å². The summed E-state index contributed by atoms with van der Waals surface area (Å²) in [7, 11) is 0. The van der Waals surface area contributed by atoms with Crippen LogP contribution in [0.2, 0.25) is 0 Å². The van der Waals surface area contributed by atoms with Crippen LogP contribution in [0.1, 0.15) is 51.9 Å². The third-order valence-corrected chi connectivity index (χ3v) is 2.49. The van der Waals surface area contributed by atoms with Crippen molar-refractivity contribution in [2.24, 2.45) is 0 Å². The Hall–Kier alpha value is -0.480. The lowest BCUT2D eigenvalue weighted by Gasteiger charge is -2.06. The van der Waals surface area contributed by atoms with Crippen LogP contribution in [-0.4, -0.2) is 12.6 Å². The molecule has 0 bridgehead atoms. The van der Waals surface area contributed by atoms with E-state index in [1.807, 2.05) is 0 Å². The van der Waals surface area contributed by atoms with Crippen molar-refractivity contribution in [2.45, 2.75) is 57.9 Å². The maximum Gasteiger partial charge on any atom is 0.0689 e. The molecule has 1 aliphatic rings. The van der Waals surface area contributed by atoms with Crippen LogP contribution in [-0.2, 0) is 0 Å². The SMILES string of the molecule is CCCCC#CC1CCCCCN1. The molecular weight excluding hydrogens is 158 g/mol. The molecule has 1 heterocycles. The predicted molar refractivity (Wildman–Crippen MR) is 57.6 cm³/mol. The molecule has 74 valence electrons. The lowest BCUT2D eigenvalue weighted by atomic mass is 10.1. The van der Waals surface area contributed by atoms with E-state index < -0.39 is 0 Å². The highest BCUT2D eigenvalue weighted by Gasteiger charge is 2.06. The first kappa shape index (κ1) is 10.6. The molecular formula is C12H21N. The quantitative estimate of drug-likeness (QED) is 0.507. The highest BCUT2D eigenvalue weighted by atomic mass is 14.9. The Morgan fingerprint density at radius 3 is 3.08 bits per heavy atom. The van der Waals surface area contributed by atoms with E-state index in [1.165, 1.54) is 38.5 Å². The molecule has 1 nitrogen and oxygen atoms in total. The van der Waals surface area contributed by atoms with Gasteiger partial charge in [-0.2, -0.15) is 0 Å². The minimum atomic E-state index is 0.486. The van der Waals surface area contributed by atoms with Crippen molar-refractivity contribution in [3.05, 3.63) is 0 Å². The normalized spacial score (nSPS) is 23.0. The molecule has 1 N–H and O–H groups in total. The number of rotatable bonds is 2. The van der Waals surface area contributed by atoms with Gasteiger partial charge in [-0.3, -0.25) is 0 Å². The first-order valence-corrected chi connectivity index (χ1v) is 5.65. The van der Waals surface area contributed by atoms with Gasteiger partial charge in [-0.05, 0) is 25.8 Å². The molecule has 1 rings (SSSR count). The molecule has 0 aliphatic carbocycles. The molecule has 0 radical (unpaired) electrons. The van der Waals surface area contributed by atoms with Crippen LogP contribution in [0.4, 0.5) is 0 Å². The first-order chi connectivity index (χ1) is 6.43. The minimum absolute atomic E-state index is 0.486. The third kappa shape index (κ3) is 4.95. The maximum absolute atomic E-state index is 3.48. The molecule has 0 spiro atoms. The van der Waals surface area contributed by atoms with Gasteiger partial charge in [-0.1, -0.05) is 32.1 Å². The Balaban J connectivity index is 2.19. The summed E-state index contributed by atoms with van der Waals surface area (Å²) < 4.78 is 0. The largest absolute Gasteiger partial charge is 0.304 e. The molecule has 0 aromatic heterocycles. The van der Waals surface area contributed by atoms with E-state index >= 15 is 0 Å². The van der Waals surface area contributed by atoms with E-state index in [-0.39, 0.29) is 0 Å². The Morgan fingerprint density at radius 1 is 1.31 bits per heavy atom. The van der Waals surface area contributed by atoms with Crippen LogP contribution < -0.4 is 5.32 Å². The summed E-state index contributed by atoms with van der Waals surface area (Å²) in [6, 6.07) is 0.486. The van der Waals surface area contributed by atoms with Crippen LogP contribution >= 0.6 is 0 Å². The molecule has 0 saturated carbocycles. The van der Waals surface area contributed by atoms with Crippen molar-refractivity contribution in [1.82, 2.24) is 5.32 Å². The summed E-state index contributed by atoms with van der Waals surface area (Å²) in [5.41, 5.74) is 0. The van der Waals surface area contributed by atoms with Gasteiger partial charge in [-0.15, -0.1) is 5.92 Å². The second-order valence-electron chi connectivity index (χ2n) is 3.78. The standard InChI is InChI=1S/C12H21N/c1-2-3-4-6-9-12-10-7-5-8-11-13-12/h12-13H,2-5,7-8,10-11H2,1H3. The van der Waals surface area contributed by atoms with E-state index in [2.05, 4.69) is 24.1 Å². The number of unbranched alkanes of at least 4 members (excludes halogenated alkanes) is 2. The van der Waals surface area contributed by atoms with Gasteiger partial charge in [0.05, 0.1) is 6.04 Å². The van der Waals surface area contributed by atoms with Gasteiger partial charge in [0.2, 0.25) is 0 Å². The third-order valence-electron chi connectivity index (χ3n) is 2.49. The van der Waals surface area contributed by atoms with E-state index in [1.54, 1.807) is 0 Å². The first-order valence-electron chi connectivity index (χ1n) is 5.65. The molecule has 13 heavy (non-hydrogen) atoms. The summed E-state index contributed by atoms with van der Waals surface area (Å²) in [6.07, 6.45) is 8.88. The molecule has 1 atom stereocenters. The van der Waals surface area contributed by atoms with Crippen molar-refractivity contribution >= 4 is 0 Å². The fourth-order valence-electron chi connectivity index (χ4n) is 1.61. The lowest BCUT2D eigenvalue weighted by molar-refractivity contribution is 0.612. The molecule has 0 amide bonds. The second kappa shape index (κ2) is 6.97. The fraction of sp³-hybridized carbons (Fsp3) is 0.833. The molecule has 1 fully saturated rings. The van der Waals surface area contributed by atoms with Crippen LogP contribution in [0.25, 0.3) is 0 Å². The Labute approximate surface area is 82.3 Å². The molecule has 1 unspecified atom stereocenters. The summed E-state index contributed by atoms with van der Waals surface area (Å²) in [5, 5.41) is 3.48. The smallest absolute Gasteiger partial charge is 0.0689 e. The monoisotopic (exact) mass is 179 g/mol. The fourth-order valence-corrected chi connectivity index (χ4v) is 1.61. The molecule has 0 aromatic carbocycles. The maximum atomic E-state index is 3.48. The van der Waals surface area contributed by atoms with E-state index in [0.29, 0.717) is 6.04 Å². The minimum Gasteiger partial charge on any atom is -0.304 e. The topological polar surface area (TPSA) is 12.0 Å². The van der Waals surface area contributed by atoms with Gasteiger partial charge in [0.15, 0.2) is 0 Å². The average molecular weight is 179 g/mol. The van der Waals surface area contributed by atoms with Crippen molar-refractivity contribution in [2.75, 3.05) is 6.54 Å². The van der Waals surface area contributed by atoms with Crippen LogP contribution in [0.15, 0.2) is 0 Å². The molecule has 1 saturated heterocycles. The zero-order chi connectivity index (χ0) is 9.36. The van der Waals surface area contributed by atoms with Gasteiger partial charge in [0.1, 0.15) is 0 Å². The lowest BCUT2D eigenvalue weighted by Crippen LogP contribution is -2.26. The van der Waals surface area contributed by atoms with Crippen molar-refractivity contribution in [1.29, 1.82) is 0 Å².